The molecule has 0 bridgehead atoms. The van der Waals surface area contributed by atoms with E-state index in [0.29, 0.717) is 27.9 Å². The molecule has 1 N–H and O–H groups in total. The maximum absolute atomic E-state index is 13.4. The van der Waals surface area contributed by atoms with E-state index in [4.69, 9.17) is 13.9 Å². The van der Waals surface area contributed by atoms with Gasteiger partial charge in [-0.1, -0.05) is 23.9 Å². The first kappa shape index (κ1) is 21.3. The molecule has 2 aromatic carbocycles. The summed E-state index contributed by atoms with van der Waals surface area (Å²) in [5.41, 5.74) is 0.842. The van der Waals surface area contributed by atoms with Crippen molar-refractivity contribution in [3.63, 3.8) is 0 Å². The van der Waals surface area contributed by atoms with Gasteiger partial charge in [-0.25, -0.2) is 13.8 Å². The lowest BCUT2D eigenvalue weighted by Gasteiger charge is -2.23. The standard InChI is InChI=1S/C21H14F2N4O4S2/c22-12-6-5-11(7-13(12)23)14-9-32-20(24-14)25-18(28)10-33-21-27-26-19(31-21)17-8-29-15-3-1-2-4-16(15)30-17/h1-7,9,17H,8,10H2,(H,24,25,28). The van der Waals surface area contributed by atoms with Crippen molar-refractivity contribution in [2.24, 2.45) is 0 Å². The van der Waals surface area contributed by atoms with Crippen molar-refractivity contribution in [3.8, 4) is 22.8 Å². The summed E-state index contributed by atoms with van der Waals surface area (Å²) in [5, 5.41) is 12.8. The second-order valence-corrected chi connectivity index (χ2v) is 8.56. The molecule has 1 unspecified atom stereocenters. The Morgan fingerprint density at radius 3 is 2.85 bits per heavy atom. The molecule has 5 rings (SSSR count). The number of hydrogen-bond acceptors (Lipinski definition) is 9. The van der Waals surface area contributed by atoms with Crippen LogP contribution in [0.2, 0.25) is 0 Å². The van der Waals surface area contributed by atoms with Gasteiger partial charge in [0.05, 0.1) is 11.4 Å². The van der Waals surface area contributed by atoms with Gasteiger partial charge >= 0.3 is 0 Å². The number of amides is 1. The lowest BCUT2D eigenvalue weighted by Crippen LogP contribution is -2.21. The van der Waals surface area contributed by atoms with E-state index in [9.17, 15) is 13.6 Å². The molecule has 0 aliphatic carbocycles. The summed E-state index contributed by atoms with van der Waals surface area (Å²) < 4.78 is 43.6. The van der Waals surface area contributed by atoms with Gasteiger partial charge < -0.3 is 19.2 Å². The number of benzene rings is 2. The molecule has 1 aliphatic rings. The number of nitrogens with one attached hydrogen (secondary N) is 1. The van der Waals surface area contributed by atoms with E-state index in [1.807, 2.05) is 18.2 Å². The number of hydrogen-bond donors (Lipinski definition) is 1. The molecule has 4 aromatic rings. The molecule has 8 nitrogen and oxygen atoms in total. The zero-order valence-electron chi connectivity index (χ0n) is 16.7. The molecule has 1 amide bonds. The summed E-state index contributed by atoms with van der Waals surface area (Å²) >= 11 is 2.23. The average Bonchev–Trinajstić information content (AvgIpc) is 3.49. The van der Waals surface area contributed by atoms with Crippen LogP contribution in [-0.2, 0) is 4.79 Å². The lowest BCUT2D eigenvalue weighted by molar-refractivity contribution is -0.113. The van der Waals surface area contributed by atoms with Crippen LogP contribution in [-0.4, -0.2) is 33.4 Å². The lowest BCUT2D eigenvalue weighted by atomic mass is 10.2. The van der Waals surface area contributed by atoms with Crippen molar-refractivity contribution in [2.75, 3.05) is 17.7 Å². The molecular weight excluding hydrogens is 474 g/mol. The highest BCUT2D eigenvalue weighted by atomic mass is 32.2. The molecule has 0 radical (unpaired) electrons. The summed E-state index contributed by atoms with van der Waals surface area (Å²) in [5.74, 6) is -0.735. The highest BCUT2D eigenvalue weighted by Crippen LogP contribution is 2.36. The van der Waals surface area contributed by atoms with Crippen molar-refractivity contribution in [3.05, 3.63) is 65.4 Å². The smallest absolute Gasteiger partial charge is 0.277 e. The van der Waals surface area contributed by atoms with Gasteiger partial charge in [0.2, 0.25) is 12.0 Å². The van der Waals surface area contributed by atoms with Crippen LogP contribution in [0, 0.1) is 11.6 Å². The molecule has 2 aromatic heterocycles. The molecule has 1 aliphatic heterocycles. The number of aromatic nitrogens is 3. The molecular formula is C21H14F2N4O4S2. The molecule has 0 spiro atoms. The molecule has 0 fully saturated rings. The highest BCUT2D eigenvalue weighted by molar-refractivity contribution is 7.99. The zero-order chi connectivity index (χ0) is 22.8. The summed E-state index contributed by atoms with van der Waals surface area (Å²) in [6.45, 7) is 0.230. The molecule has 3 heterocycles. The zero-order valence-corrected chi connectivity index (χ0v) is 18.3. The third-order valence-corrected chi connectivity index (χ3v) is 6.07. The summed E-state index contributed by atoms with van der Waals surface area (Å²) in [7, 11) is 0. The Balaban J connectivity index is 1.15. The van der Waals surface area contributed by atoms with Crippen LogP contribution in [0.1, 0.15) is 12.0 Å². The van der Waals surface area contributed by atoms with Gasteiger partial charge in [0.15, 0.2) is 28.3 Å². The van der Waals surface area contributed by atoms with Crippen molar-refractivity contribution in [1.82, 2.24) is 15.2 Å². The predicted molar refractivity (Wildman–Crippen MR) is 116 cm³/mol. The third kappa shape index (κ3) is 4.81. The number of ether oxygens (including phenoxy) is 2. The number of fused-ring (bicyclic) bond motifs is 1. The minimum atomic E-state index is -0.962. The van der Waals surface area contributed by atoms with E-state index in [1.165, 1.54) is 17.4 Å². The van der Waals surface area contributed by atoms with Gasteiger partial charge in [0.1, 0.15) is 6.61 Å². The second-order valence-electron chi connectivity index (χ2n) is 6.77. The number of thiazole rings is 1. The van der Waals surface area contributed by atoms with E-state index < -0.39 is 17.7 Å². The Morgan fingerprint density at radius 2 is 2.00 bits per heavy atom. The van der Waals surface area contributed by atoms with E-state index in [2.05, 4.69) is 20.5 Å². The van der Waals surface area contributed by atoms with Crippen molar-refractivity contribution < 1.29 is 27.5 Å². The minimum absolute atomic E-state index is 0.00653. The van der Waals surface area contributed by atoms with Crippen molar-refractivity contribution >= 4 is 34.1 Å². The largest absolute Gasteiger partial charge is 0.485 e. The first-order chi connectivity index (χ1) is 16.0. The monoisotopic (exact) mass is 488 g/mol. The topological polar surface area (TPSA) is 99.4 Å². The number of rotatable bonds is 6. The van der Waals surface area contributed by atoms with Gasteiger partial charge in [-0.3, -0.25) is 4.79 Å². The van der Waals surface area contributed by atoms with Crippen molar-refractivity contribution in [2.45, 2.75) is 11.3 Å². The van der Waals surface area contributed by atoms with Crippen LogP contribution in [0.25, 0.3) is 11.3 Å². The van der Waals surface area contributed by atoms with Gasteiger partial charge in [0.25, 0.3) is 11.1 Å². The summed E-state index contributed by atoms with van der Waals surface area (Å²) in [4.78, 5) is 16.5. The average molecular weight is 488 g/mol. The Bertz CT molecular complexity index is 1310. The normalized spacial score (nSPS) is 14.8. The molecule has 33 heavy (non-hydrogen) atoms. The van der Waals surface area contributed by atoms with E-state index >= 15 is 0 Å². The van der Waals surface area contributed by atoms with Crippen LogP contribution >= 0.6 is 23.1 Å². The van der Waals surface area contributed by atoms with Crippen LogP contribution in [0.15, 0.2) is 57.5 Å². The van der Waals surface area contributed by atoms with Gasteiger partial charge in [0, 0.05) is 10.9 Å². The van der Waals surface area contributed by atoms with Crippen LogP contribution in [0.3, 0.4) is 0 Å². The molecule has 168 valence electrons. The Labute approximate surface area is 194 Å². The predicted octanol–water partition coefficient (Wildman–Crippen LogP) is 4.71. The highest BCUT2D eigenvalue weighted by Gasteiger charge is 2.27. The number of halogens is 2. The molecule has 0 saturated carbocycles. The fourth-order valence-electron chi connectivity index (χ4n) is 2.95. The minimum Gasteiger partial charge on any atom is -0.485 e. The van der Waals surface area contributed by atoms with E-state index in [0.717, 1.165) is 23.9 Å². The second kappa shape index (κ2) is 9.16. The van der Waals surface area contributed by atoms with Gasteiger partial charge in [-0.05, 0) is 30.3 Å². The number of anilines is 1. The summed E-state index contributed by atoms with van der Waals surface area (Å²) in [6.07, 6.45) is -0.541. The van der Waals surface area contributed by atoms with E-state index in [-0.39, 0.29) is 29.4 Å². The number of nitrogens with zero attached hydrogens (tertiary/aromatic N) is 3. The number of carbonyl (C=O) groups excluding carboxylic acids is 1. The van der Waals surface area contributed by atoms with Gasteiger partial charge in [-0.2, -0.15) is 0 Å². The molecule has 1 atom stereocenters. The fraction of sp³-hybridized carbons (Fsp3) is 0.143. The van der Waals surface area contributed by atoms with Crippen molar-refractivity contribution in [1.29, 1.82) is 0 Å². The number of para-hydroxylation sites is 2. The summed E-state index contributed by atoms with van der Waals surface area (Å²) in [6, 6.07) is 10.8. The molecule has 0 saturated heterocycles. The van der Waals surface area contributed by atoms with E-state index in [1.54, 1.807) is 11.4 Å². The maximum Gasteiger partial charge on any atom is 0.277 e. The number of carbonyl (C=O) groups is 1. The quantitative estimate of drug-likeness (QED) is 0.390. The first-order valence-electron chi connectivity index (χ1n) is 9.60. The van der Waals surface area contributed by atoms with Crippen LogP contribution in [0.4, 0.5) is 13.9 Å². The Hall–Kier alpha value is -3.51. The molecule has 12 heteroatoms. The van der Waals surface area contributed by atoms with Crippen LogP contribution < -0.4 is 14.8 Å². The SMILES string of the molecule is O=C(CSc1nnc(C2COc3ccccc3O2)o1)Nc1nc(-c2ccc(F)c(F)c2)cs1. The number of thioether (sulfide) groups is 1. The Morgan fingerprint density at radius 1 is 1.15 bits per heavy atom. The first-order valence-corrected chi connectivity index (χ1v) is 11.5. The fourth-order valence-corrected chi connectivity index (χ4v) is 4.26. The third-order valence-electron chi connectivity index (χ3n) is 4.50. The van der Waals surface area contributed by atoms with Gasteiger partial charge in [-0.15, -0.1) is 21.5 Å². The Kier molecular flexibility index (Phi) is 5.92. The maximum atomic E-state index is 13.4. The van der Waals surface area contributed by atoms with Crippen LogP contribution in [0.5, 0.6) is 11.5 Å².